The number of fused-ring (bicyclic) bond motifs is 1. The van der Waals surface area contributed by atoms with Crippen LogP contribution in [0.15, 0.2) is 0 Å². The molecule has 134 valence electrons. The van der Waals surface area contributed by atoms with Gasteiger partial charge in [0, 0.05) is 6.42 Å². The van der Waals surface area contributed by atoms with E-state index in [2.05, 4.69) is 39.8 Å². The quantitative estimate of drug-likeness (QED) is 0.769. The minimum Gasteiger partial charge on any atom is -0.464 e. The molecule has 0 aromatic carbocycles. The molecule has 2 fully saturated rings. The van der Waals surface area contributed by atoms with Gasteiger partial charge in [0.15, 0.2) is 5.82 Å². The number of nitrogens with one attached hydrogen (secondary N) is 2. The van der Waals surface area contributed by atoms with Crippen LogP contribution in [-0.4, -0.2) is 45.8 Å². The number of aryl methyl sites for hydroxylation is 1. The zero-order valence-corrected chi connectivity index (χ0v) is 14.7. The number of carbonyl (C=O) groups excluding carboxylic acids is 1. The summed E-state index contributed by atoms with van der Waals surface area (Å²) in [4.78, 5) is 12.2. The zero-order valence-electron chi connectivity index (χ0n) is 14.7. The van der Waals surface area contributed by atoms with Crippen molar-refractivity contribution in [3.8, 4) is 0 Å². The summed E-state index contributed by atoms with van der Waals surface area (Å²) in [6, 6.07) is -0.124. The number of piperidine rings is 1. The van der Waals surface area contributed by atoms with Crippen LogP contribution in [0.25, 0.3) is 0 Å². The van der Waals surface area contributed by atoms with E-state index >= 15 is 0 Å². The molecule has 0 unspecified atom stereocenters. The maximum absolute atomic E-state index is 12.2. The van der Waals surface area contributed by atoms with Gasteiger partial charge in [0.25, 0.3) is 0 Å². The van der Waals surface area contributed by atoms with Gasteiger partial charge in [-0.3, -0.25) is 4.79 Å². The van der Waals surface area contributed by atoms with Crippen molar-refractivity contribution in [3.63, 3.8) is 0 Å². The highest BCUT2D eigenvalue weighted by molar-refractivity contribution is 5.76. The molecule has 0 bridgehead atoms. The fraction of sp³-hybridized carbons (Fsp3) is 0.882. The lowest BCUT2D eigenvalue weighted by atomic mass is 9.69. The molecular formula is C17H29N5O2. The molecule has 7 heteroatoms. The van der Waals surface area contributed by atoms with Gasteiger partial charge < -0.3 is 10.1 Å². The number of rotatable bonds is 6. The monoisotopic (exact) mass is 335 g/mol. The van der Waals surface area contributed by atoms with Crippen LogP contribution in [0.3, 0.4) is 0 Å². The first-order valence-electron chi connectivity index (χ1n) is 9.24. The van der Waals surface area contributed by atoms with E-state index in [0.29, 0.717) is 30.3 Å². The fourth-order valence-corrected chi connectivity index (χ4v) is 4.07. The molecule has 0 radical (unpaired) electrons. The lowest BCUT2D eigenvalue weighted by molar-refractivity contribution is -0.149. The summed E-state index contributed by atoms with van der Waals surface area (Å²) in [6.07, 6.45) is 6.64. The zero-order chi connectivity index (χ0) is 16.9. The van der Waals surface area contributed by atoms with Crippen molar-refractivity contribution in [2.75, 3.05) is 13.2 Å². The second-order valence-electron chi connectivity index (χ2n) is 7.79. The van der Waals surface area contributed by atoms with Crippen molar-refractivity contribution in [2.45, 2.75) is 58.4 Å². The van der Waals surface area contributed by atoms with Gasteiger partial charge >= 0.3 is 5.97 Å². The second kappa shape index (κ2) is 8.05. The van der Waals surface area contributed by atoms with Crippen LogP contribution < -0.4 is 5.32 Å². The molecule has 2 aliphatic rings. The molecule has 1 aromatic heterocycles. The maximum atomic E-state index is 12.2. The van der Waals surface area contributed by atoms with Crippen molar-refractivity contribution in [2.24, 2.45) is 23.7 Å². The molecule has 1 aliphatic heterocycles. The summed E-state index contributed by atoms with van der Waals surface area (Å²) in [5, 5.41) is 17.6. The van der Waals surface area contributed by atoms with Crippen molar-refractivity contribution in [1.82, 2.24) is 25.9 Å². The minimum absolute atomic E-state index is 0.0731. The summed E-state index contributed by atoms with van der Waals surface area (Å²) in [5.41, 5.74) is 0. The van der Waals surface area contributed by atoms with E-state index in [-0.39, 0.29) is 12.0 Å². The van der Waals surface area contributed by atoms with Gasteiger partial charge in [-0.1, -0.05) is 25.5 Å². The first-order valence-corrected chi connectivity index (χ1v) is 9.24. The summed E-state index contributed by atoms with van der Waals surface area (Å²) in [7, 11) is 0. The second-order valence-corrected chi connectivity index (χ2v) is 7.79. The largest absolute Gasteiger partial charge is 0.464 e. The van der Waals surface area contributed by atoms with Crippen LogP contribution in [0.5, 0.6) is 0 Å². The predicted molar refractivity (Wildman–Crippen MR) is 89.0 cm³/mol. The van der Waals surface area contributed by atoms with Crippen LogP contribution in [0, 0.1) is 23.7 Å². The SMILES string of the molecule is CC(C)COC(=O)[C@@H]1C[C@H]2C[C@@H](CCc3nn[nH]n3)CC[C@H]2CN1. The highest BCUT2D eigenvalue weighted by Crippen LogP contribution is 2.40. The third kappa shape index (κ3) is 4.53. The van der Waals surface area contributed by atoms with Gasteiger partial charge in [-0.2, -0.15) is 5.21 Å². The van der Waals surface area contributed by atoms with Crippen LogP contribution in [-0.2, 0) is 16.0 Å². The van der Waals surface area contributed by atoms with E-state index in [1.165, 1.54) is 19.3 Å². The Bertz CT molecular complexity index is 519. The number of esters is 1. The fourth-order valence-electron chi connectivity index (χ4n) is 4.07. The summed E-state index contributed by atoms with van der Waals surface area (Å²) >= 11 is 0. The molecule has 4 atom stereocenters. The molecule has 1 saturated heterocycles. The Morgan fingerprint density at radius 2 is 2.17 bits per heavy atom. The Kier molecular flexibility index (Phi) is 5.81. The van der Waals surface area contributed by atoms with Gasteiger partial charge in [-0.15, -0.1) is 10.2 Å². The number of carbonyl (C=O) groups is 1. The third-order valence-corrected chi connectivity index (χ3v) is 5.42. The predicted octanol–water partition coefficient (Wildman–Crippen LogP) is 1.73. The van der Waals surface area contributed by atoms with E-state index in [1.54, 1.807) is 0 Å². The Labute approximate surface area is 143 Å². The molecule has 24 heavy (non-hydrogen) atoms. The van der Waals surface area contributed by atoms with Gasteiger partial charge in [0.2, 0.25) is 0 Å². The smallest absolute Gasteiger partial charge is 0.323 e. The lowest BCUT2D eigenvalue weighted by Gasteiger charge is -2.42. The first kappa shape index (κ1) is 17.3. The van der Waals surface area contributed by atoms with Gasteiger partial charge in [0.1, 0.15) is 6.04 Å². The number of hydrogen-bond donors (Lipinski definition) is 2. The number of nitrogens with zero attached hydrogens (tertiary/aromatic N) is 3. The van der Waals surface area contributed by atoms with E-state index in [1.807, 2.05) is 0 Å². The molecule has 7 nitrogen and oxygen atoms in total. The number of ether oxygens (including phenoxy) is 1. The lowest BCUT2D eigenvalue weighted by Crippen LogP contribution is -2.50. The van der Waals surface area contributed by atoms with E-state index in [9.17, 15) is 4.79 Å². The Hall–Kier alpha value is -1.50. The molecule has 2 heterocycles. The summed E-state index contributed by atoms with van der Waals surface area (Å²) in [6.45, 7) is 5.59. The van der Waals surface area contributed by atoms with Crippen molar-refractivity contribution < 1.29 is 9.53 Å². The molecule has 2 N–H and O–H groups in total. The highest BCUT2D eigenvalue weighted by Gasteiger charge is 2.38. The molecular weight excluding hydrogens is 306 g/mol. The van der Waals surface area contributed by atoms with Crippen LogP contribution in [0.4, 0.5) is 0 Å². The van der Waals surface area contributed by atoms with E-state index in [4.69, 9.17) is 4.74 Å². The maximum Gasteiger partial charge on any atom is 0.323 e. The summed E-state index contributed by atoms with van der Waals surface area (Å²) in [5.74, 6) is 3.16. The van der Waals surface area contributed by atoms with E-state index < -0.39 is 0 Å². The molecule has 1 aliphatic carbocycles. The van der Waals surface area contributed by atoms with Crippen LogP contribution in [0.2, 0.25) is 0 Å². The molecule has 0 spiro atoms. The van der Waals surface area contributed by atoms with E-state index in [0.717, 1.165) is 31.6 Å². The topological polar surface area (TPSA) is 92.8 Å². The first-order chi connectivity index (χ1) is 11.6. The van der Waals surface area contributed by atoms with Gasteiger partial charge in [-0.05, 0) is 55.9 Å². The highest BCUT2D eigenvalue weighted by atomic mass is 16.5. The minimum atomic E-state index is -0.124. The number of aromatic amines is 1. The molecule has 3 rings (SSSR count). The average Bonchev–Trinajstić information content (AvgIpc) is 3.10. The Balaban J connectivity index is 1.47. The molecule has 1 aromatic rings. The molecule has 1 saturated carbocycles. The van der Waals surface area contributed by atoms with Crippen molar-refractivity contribution in [3.05, 3.63) is 5.82 Å². The average molecular weight is 335 g/mol. The van der Waals surface area contributed by atoms with Crippen LogP contribution >= 0.6 is 0 Å². The van der Waals surface area contributed by atoms with Gasteiger partial charge in [-0.25, -0.2) is 0 Å². The van der Waals surface area contributed by atoms with Gasteiger partial charge in [0.05, 0.1) is 6.61 Å². The standard InChI is InChI=1S/C17H29N5O2/c1-11(2)10-24-17(23)15-8-14-7-12(3-5-13(14)9-18-15)4-6-16-19-21-22-20-16/h11-15,18H,3-10H2,1-2H3,(H,19,20,21,22)/t12-,13+,14-,15+/m1/s1. The summed E-state index contributed by atoms with van der Waals surface area (Å²) < 4.78 is 5.42. The van der Waals surface area contributed by atoms with Crippen molar-refractivity contribution >= 4 is 5.97 Å². The normalized spacial score (nSPS) is 30.1. The Morgan fingerprint density at radius 1 is 1.29 bits per heavy atom. The van der Waals surface area contributed by atoms with Crippen LogP contribution in [0.1, 0.15) is 51.8 Å². The van der Waals surface area contributed by atoms with Crippen molar-refractivity contribution in [1.29, 1.82) is 0 Å². The third-order valence-electron chi connectivity index (χ3n) is 5.42. The number of hydrogen-bond acceptors (Lipinski definition) is 6. The number of tetrazole rings is 1. The number of aromatic nitrogens is 4. The Morgan fingerprint density at radius 3 is 2.92 bits per heavy atom. The molecule has 0 amide bonds. The number of H-pyrrole nitrogens is 1.